The first kappa shape index (κ1) is 19.9. The Morgan fingerprint density at radius 2 is 1.62 bits per heavy atom. The Bertz CT molecular complexity index is 1000. The van der Waals surface area contributed by atoms with Gasteiger partial charge in [0.25, 0.3) is 11.8 Å². The summed E-state index contributed by atoms with van der Waals surface area (Å²) in [5.41, 5.74) is 2.91. The van der Waals surface area contributed by atoms with Crippen molar-refractivity contribution in [3.05, 3.63) is 65.1 Å². The Hall–Kier alpha value is -2.44. The highest BCUT2D eigenvalue weighted by Gasteiger charge is 2.42. The van der Waals surface area contributed by atoms with Crippen LogP contribution in [0.25, 0.3) is 5.57 Å². The molecule has 2 aromatic carbocycles. The molecule has 1 fully saturated rings. The van der Waals surface area contributed by atoms with Crippen molar-refractivity contribution >= 4 is 57.1 Å². The Labute approximate surface area is 180 Å². The highest BCUT2D eigenvalue weighted by Crippen LogP contribution is 2.45. The van der Waals surface area contributed by atoms with Gasteiger partial charge >= 0.3 is 0 Å². The fourth-order valence-electron chi connectivity index (χ4n) is 3.74. The van der Waals surface area contributed by atoms with E-state index in [0.29, 0.717) is 21.3 Å². The number of anilines is 2. The smallest absolute Gasteiger partial charge is 0.271 e. The topological polar surface area (TPSA) is 40.6 Å². The molecule has 148 valence electrons. The first-order valence-electron chi connectivity index (χ1n) is 9.90. The molecule has 1 saturated heterocycles. The summed E-state index contributed by atoms with van der Waals surface area (Å²) in [5, 5.41) is 0. The van der Waals surface area contributed by atoms with Gasteiger partial charge in [-0.05, 0) is 24.6 Å². The van der Waals surface area contributed by atoms with Gasteiger partial charge < -0.3 is 4.90 Å². The maximum atomic E-state index is 13.3. The first-order valence-corrected chi connectivity index (χ1v) is 11.1. The highest BCUT2D eigenvalue weighted by molar-refractivity contribution is 8.27. The minimum absolute atomic E-state index is 0.101. The number of unbranched alkanes of at least 4 members (excludes halogenated alkanes) is 3. The minimum Gasteiger partial charge on any atom is -0.308 e. The molecule has 0 N–H and O–H groups in total. The summed E-state index contributed by atoms with van der Waals surface area (Å²) in [7, 11) is 0. The Morgan fingerprint density at radius 3 is 2.38 bits per heavy atom. The number of para-hydroxylation sites is 2. The predicted molar refractivity (Wildman–Crippen MR) is 124 cm³/mol. The van der Waals surface area contributed by atoms with Gasteiger partial charge in [-0.15, -0.1) is 0 Å². The number of hydrogen-bond acceptors (Lipinski definition) is 4. The van der Waals surface area contributed by atoms with Crippen LogP contribution in [-0.2, 0) is 9.59 Å². The summed E-state index contributed by atoms with van der Waals surface area (Å²) in [6.45, 7) is 2.83. The van der Waals surface area contributed by atoms with E-state index in [1.165, 1.54) is 16.7 Å². The number of carbonyl (C=O) groups excluding carboxylic acids is 2. The SMILES string of the molecule is CCCCCCN1C(=O)/C(=C2\SC(=S)N(c3ccccc3)C2=O)c2ccccc21. The zero-order chi connectivity index (χ0) is 20.4. The molecule has 0 saturated carbocycles. The molecular formula is C23H22N2O2S2. The van der Waals surface area contributed by atoms with E-state index in [1.54, 1.807) is 0 Å². The quantitative estimate of drug-likeness (QED) is 0.356. The molecule has 4 rings (SSSR count). The number of thiocarbonyl (C=S) groups is 1. The lowest BCUT2D eigenvalue weighted by Crippen LogP contribution is -2.29. The molecule has 6 heteroatoms. The number of nitrogens with zero attached hydrogens (tertiary/aromatic N) is 2. The number of benzene rings is 2. The largest absolute Gasteiger partial charge is 0.308 e. The summed E-state index contributed by atoms with van der Waals surface area (Å²) in [4.78, 5) is 30.4. The van der Waals surface area contributed by atoms with Crippen molar-refractivity contribution in [2.75, 3.05) is 16.3 Å². The summed E-state index contributed by atoms with van der Waals surface area (Å²) in [6, 6.07) is 17.1. The average Bonchev–Trinajstić information content (AvgIpc) is 3.18. The van der Waals surface area contributed by atoms with Crippen LogP contribution in [0.15, 0.2) is 59.5 Å². The van der Waals surface area contributed by atoms with E-state index in [4.69, 9.17) is 12.2 Å². The molecule has 2 aliphatic heterocycles. The summed E-state index contributed by atoms with van der Waals surface area (Å²) in [6.07, 6.45) is 4.35. The Morgan fingerprint density at radius 1 is 0.897 bits per heavy atom. The van der Waals surface area contributed by atoms with Crippen LogP contribution in [0.2, 0.25) is 0 Å². The molecule has 0 bridgehead atoms. The van der Waals surface area contributed by atoms with E-state index >= 15 is 0 Å². The van der Waals surface area contributed by atoms with E-state index in [0.717, 1.165) is 42.6 Å². The fraction of sp³-hybridized carbons (Fsp3) is 0.261. The van der Waals surface area contributed by atoms with Crippen LogP contribution in [0.3, 0.4) is 0 Å². The highest BCUT2D eigenvalue weighted by atomic mass is 32.2. The van der Waals surface area contributed by atoms with Crippen LogP contribution < -0.4 is 9.80 Å². The molecule has 0 aliphatic carbocycles. The lowest BCUT2D eigenvalue weighted by Gasteiger charge is -2.17. The number of hydrogen-bond donors (Lipinski definition) is 0. The van der Waals surface area contributed by atoms with Gasteiger partial charge in [0.05, 0.1) is 21.9 Å². The van der Waals surface area contributed by atoms with Crippen molar-refractivity contribution in [1.29, 1.82) is 0 Å². The van der Waals surface area contributed by atoms with Crippen molar-refractivity contribution in [3.63, 3.8) is 0 Å². The first-order chi connectivity index (χ1) is 14.1. The predicted octanol–water partition coefficient (Wildman–Crippen LogP) is 5.39. The maximum absolute atomic E-state index is 13.3. The number of rotatable bonds is 6. The molecule has 0 unspecified atom stereocenters. The van der Waals surface area contributed by atoms with Crippen molar-refractivity contribution < 1.29 is 9.59 Å². The summed E-state index contributed by atoms with van der Waals surface area (Å²) >= 11 is 6.70. The normalized spacial score (nSPS) is 18.7. The van der Waals surface area contributed by atoms with Crippen LogP contribution >= 0.6 is 24.0 Å². The van der Waals surface area contributed by atoms with Crippen LogP contribution in [0.4, 0.5) is 11.4 Å². The van der Waals surface area contributed by atoms with Crippen LogP contribution in [0, 0.1) is 0 Å². The Kier molecular flexibility index (Phi) is 5.83. The summed E-state index contributed by atoms with van der Waals surface area (Å²) < 4.78 is 0.454. The molecule has 0 atom stereocenters. The molecule has 2 aliphatic rings. The van der Waals surface area contributed by atoms with Crippen molar-refractivity contribution in [1.82, 2.24) is 0 Å². The van der Waals surface area contributed by atoms with Crippen LogP contribution in [-0.4, -0.2) is 22.7 Å². The van der Waals surface area contributed by atoms with Gasteiger partial charge in [0.2, 0.25) is 0 Å². The molecule has 29 heavy (non-hydrogen) atoms. The maximum Gasteiger partial charge on any atom is 0.271 e. The fourth-order valence-corrected chi connectivity index (χ4v) is 5.11. The summed E-state index contributed by atoms with van der Waals surface area (Å²) in [5.74, 6) is -0.326. The molecule has 0 radical (unpaired) electrons. The number of carbonyl (C=O) groups is 2. The van der Waals surface area contributed by atoms with Gasteiger partial charge in [0.1, 0.15) is 0 Å². The molecular weight excluding hydrogens is 400 g/mol. The van der Waals surface area contributed by atoms with Gasteiger partial charge in [-0.3, -0.25) is 14.5 Å². The second-order valence-corrected chi connectivity index (χ2v) is 8.73. The Balaban J connectivity index is 1.70. The van der Waals surface area contributed by atoms with Gasteiger partial charge in [-0.25, -0.2) is 0 Å². The second kappa shape index (κ2) is 8.51. The van der Waals surface area contributed by atoms with Crippen LogP contribution in [0.1, 0.15) is 38.2 Å². The standard InChI is InChI=1S/C23H22N2O2S2/c1-2-3-4-10-15-24-18-14-9-8-13-17(18)19(21(24)26)20-22(27)25(23(28)29-20)16-11-6-5-7-12-16/h5-9,11-14H,2-4,10,15H2,1H3/b20-19-. The third kappa shape index (κ3) is 3.63. The van der Waals surface area contributed by atoms with Crippen molar-refractivity contribution in [2.45, 2.75) is 32.6 Å². The lowest BCUT2D eigenvalue weighted by atomic mass is 10.1. The van der Waals surface area contributed by atoms with E-state index < -0.39 is 0 Å². The molecule has 2 amide bonds. The minimum atomic E-state index is -0.225. The van der Waals surface area contributed by atoms with Gasteiger partial charge in [0.15, 0.2) is 4.32 Å². The van der Waals surface area contributed by atoms with Gasteiger partial charge in [-0.1, -0.05) is 86.6 Å². The average molecular weight is 423 g/mol. The number of fused-ring (bicyclic) bond motifs is 1. The number of thioether (sulfide) groups is 1. The molecule has 0 spiro atoms. The van der Waals surface area contributed by atoms with E-state index in [9.17, 15) is 9.59 Å². The number of amides is 2. The van der Waals surface area contributed by atoms with E-state index in [2.05, 4.69) is 6.92 Å². The second-order valence-electron chi connectivity index (χ2n) is 7.08. The lowest BCUT2D eigenvalue weighted by molar-refractivity contribution is -0.115. The molecule has 2 heterocycles. The molecule has 2 aromatic rings. The van der Waals surface area contributed by atoms with E-state index in [1.807, 2.05) is 59.5 Å². The zero-order valence-electron chi connectivity index (χ0n) is 16.3. The van der Waals surface area contributed by atoms with Gasteiger partial charge in [-0.2, -0.15) is 0 Å². The zero-order valence-corrected chi connectivity index (χ0v) is 17.9. The monoisotopic (exact) mass is 422 g/mol. The third-order valence-electron chi connectivity index (χ3n) is 5.17. The molecule has 0 aromatic heterocycles. The van der Waals surface area contributed by atoms with Crippen molar-refractivity contribution in [2.24, 2.45) is 0 Å². The van der Waals surface area contributed by atoms with Crippen LogP contribution in [0.5, 0.6) is 0 Å². The molecule has 4 nitrogen and oxygen atoms in total. The van der Waals surface area contributed by atoms with Crippen molar-refractivity contribution in [3.8, 4) is 0 Å². The third-order valence-corrected chi connectivity index (χ3v) is 6.54. The van der Waals surface area contributed by atoms with Gasteiger partial charge in [0, 0.05) is 12.1 Å². The van der Waals surface area contributed by atoms with E-state index in [-0.39, 0.29) is 11.8 Å².